The molecule has 1 N–H and O–H groups in total. The molecule has 2 heterocycles. The third kappa shape index (κ3) is 2.30. The van der Waals surface area contributed by atoms with E-state index in [1.54, 1.807) is 22.7 Å². The minimum absolute atomic E-state index is 0.859. The third-order valence-electron chi connectivity index (χ3n) is 1.84. The van der Waals surface area contributed by atoms with Gasteiger partial charge in [-0.25, -0.2) is 4.98 Å². The monoisotopic (exact) mass is 255 g/mol. The molecule has 0 saturated heterocycles. The van der Waals surface area contributed by atoms with Gasteiger partial charge >= 0.3 is 0 Å². The zero-order valence-corrected chi connectivity index (χ0v) is 11.0. The number of anilines is 2. The fraction of sp³-hybridized carbons (Fsp3) is 0.444. The van der Waals surface area contributed by atoms with E-state index in [4.69, 9.17) is 0 Å². The van der Waals surface area contributed by atoms with E-state index in [9.17, 15) is 0 Å². The molecule has 0 spiro atoms. The fourth-order valence-corrected chi connectivity index (χ4v) is 2.80. The maximum atomic E-state index is 4.31. The quantitative estimate of drug-likeness (QED) is 0.907. The van der Waals surface area contributed by atoms with Crippen molar-refractivity contribution in [2.45, 2.75) is 6.92 Å². The van der Waals surface area contributed by atoms with Crippen LogP contribution in [0.3, 0.4) is 0 Å². The number of thiazole rings is 1. The summed E-state index contributed by atoms with van der Waals surface area (Å²) in [6.45, 7) is 2.90. The molecule has 2 aromatic rings. The zero-order valence-electron chi connectivity index (χ0n) is 9.39. The lowest BCUT2D eigenvalue weighted by atomic mass is 10.6. The molecule has 0 aliphatic carbocycles. The van der Waals surface area contributed by atoms with Gasteiger partial charge in [0.1, 0.15) is 0 Å². The number of nitrogens with one attached hydrogen (secondary N) is 1. The van der Waals surface area contributed by atoms with Gasteiger partial charge in [-0.1, -0.05) is 22.7 Å². The van der Waals surface area contributed by atoms with Gasteiger partial charge in [-0.05, 0) is 6.92 Å². The second kappa shape index (κ2) is 4.75. The van der Waals surface area contributed by atoms with Gasteiger partial charge in [0.05, 0.1) is 11.1 Å². The summed E-state index contributed by atoms with van der Waals surface area (Å²) >= 11 is 3.17. The van der Waals surface area contributed by atoms with Gasteiger partial charge in [-0.3, -0.25) is 0 Å². The zero-order chi connectivity index (χ0) is 11.5. The molecule has 0 amide bonds. The molecule has 0 aromatic carbocycles. The van der Waals surface area contributed by atoms with Crippen molar-refractivity contribution >= 4 is 32.9 Å². The Morgan fingerprint density at radius 2 is 2.12 bits per heavy atom. The van der Waals surface area contributed by atoms with Crippen LogP contribution in [0.25, 0.3) is 9.88 Å². The van der Waals surface area contributed by atoms with Crippen LogP contribution in [-0.2, 0) is 0 Å². The van der Waals surface area contributed by atoms with Crippen molar-refractivity contribution in [3.63, 3.8) is 0 Å². The summed E-state index contributed by atoms with van der Waals surface area (Å²) in [6.07, 6.45) is 1.84. The Morgan fingerprint density at radius 3 is 2.75 bits per heavy atom. The van der Waals surface area contributed by atoms with Crippen LogP contribution in [0.5, 0.6) is 0 Å². The van der Waals surface area contributed by atoms with Crippen LogP contribution in [0.2, 0.25) is 0 Å². The Hall–Kier alpha value is -1.21. The molecule has 0 aliphatic heterocycles. The number of nitrogens with zero attached hydrogens (tertiary/aromatic N) is 4. The minimum atomic E-state index is 0.859. The molecule has 0 saturated carbocycles. The van der Waals surface area contributed by atoms with Crippen LogP contribution in [0.1, 0.15) is 6.92 Å². The topological polar surface area (TPSA) is 53.9 Å². The Balaban J connectivity index is 2.21. The average molecular weight is 255 g/mol. The van der Waals surface area contributed by atoms with E-state index in [0.29, 0.717) is 0 Å². The second-order valence-corrected chi connectivity index (χ2v) is 5.33. The highest BCUT2D eigenvalue weighted by molar-refractivity contribution is 7.25. The lowest BCUT2D eigenvalue weighted by Gasteiger charge is -2.04. The molecular weight excluding hydrogens is 242 g/mol. The SMILES string of the molecule is CCNc1nnc(-c2cnc(N(C)C)s2)s1. The first kappa shape index (κ1) is 11.3. The molecule has 7 heteroatoms. The summed E-state index contributed by atoms with van der Waals surface area (Å²) < 4.78 is 0. The molecule has 2 aromatic heterocycles. The lowest BCUT2D eigenvalue weighted by molar-refractivity contribution is 1.07. The summed E-state index contributed by atoms with van der Waals surface area (Å²) in [6, 6.07) is 0. The van der Waals surface area contributed by atoms with Crippen LogP contribution in [-0.4, -0.2) is 35.8 Å². The van der Waals surface area contributed by atoms with Crippen LogP contribution >= 0.6 is 22.7 Å². The molecule has 0 radical (unpaired) electrons. The Kier molecular flexibility index (Phi) is 3.35. The van der Waals surface area contributed by atoms with Crippen molar-refractivity contribution in [3.05, 3.63) is 6.20 Å². The Labute approximate surface area is 102 Å². The maximum Gasteiger partial charge on any atom is 0.206 e. The molecule has 0 fully saturated rings. The van der Waals surface area contributed by atoms with Gasteiger partial charge < -0.3 is 10.2 Å². The second-order valence-electron chi connectivity index (χ2n) is 3.34. The maximum absolute atomic E-state index is 4.31. The van der Waals surface area contributed by atoms with E-state index in [1.807, 2.05) is 32.1 Å². The van der Waals surface area contributed by atoms with E-state index in [0.717, 1.165) is 26.7 Å². The van der Waals surface area contributed by atoms with Gasteiger partial charge in [0.2, 0.25) is 5.13 Å². The number of rotatable bonds is 4. The molecule has 16 heavy (non-hydrogen) atoms. The highest BCUT2D eigenvalue weighted by atomic mass is 32.1. The van der Waals surface area contributed by atoms with Crippen molar-refractivity contribution in [1.29, 1.82) is 0 Å². The number of hydrogen-bond donors (Lipinski definition) is 1. The first-order valence-electron chi connectivity index (χ1n) is 4.91. The average Bonchev–Trinajstić information content (AvgIpc) is 2.84. The van der Waals surface area contributed by atoms with Crippen LogP contribution in [0.15, 0.2) is 6.20 Å². The summed E-state index contributed by atoms with van der Waals surface area (Å²) in [4.78, 5) is 7.36. The lowest BCUT2D eigenvalue weighted by Crippen LogP contribution is -2.07. The molecule has 0 bridgehead atoms. The van der Waals surface area contributed by atoms with Gasteiger partial charge in [-0.15, -0.1) is 10.2 Å². The molecule has 0 unspecified atom stereocenters. The van der Waals surface area contributed by atoms with Gasteiger partial charge in [0.15, 0.2) is 10.1 Å². The minimum Gasteiger partial charge on any atom is -0.360 e. The van der Waals surface area contributed by atoms with Crippen LogP contribution < -0.4 is 10.2 Å². The van der Waals surface area contributed by atoms with Crippen molar-refractivity contribution in [2.24, 2.45) is 0 Å². The Bertz CT molecular complexity index is 462. The number of hydrogen-bond acceptors (Lipinski definition) is 7. The highest BCUT2D eigenvalue weighted by Crippen LogP contribution is 2.33. The van der Waals surface area contributed by atoms with Gasteiger partial charge in [0.25, 0.3) is 0 Å². The standard InChI is InChI=1S/C9H13N5S2/c1-4-10-8-13-12-7(16-8)6-5-11-9(15-6)14(2)3/h5H,4H2,1-3H3,(H,10,13). The van der Waals surface area contributed by atoms with Crippen molar-refractivity contribution < 1.29 is 0 Å². The summed E-state index contributed by atoms with van der Waals surface area (Å²) in [5, 5.41) is 14.1. The van der Waals surface area contributed by atoms with Crippen molar-refractivity contribution in [3.8, 4) is 9.88 Å². The first-order chi connectivity index (χ1) is 7.70. The normalized spacial score (nSPS) is 10.4. The third-order valence-corrected chi connectivity index (χ3v) is 4.06. The summed E-state index contributed by atoms with van der Waals surface area (Å²) in [5.74, 6) is 0. The molecule has 2 rings (SSSR count). The molecule has 86 valence electrons. The van der Waals surface area contributed by atoms with E-state index in [2.05, 4.69) is 20.5 Å². The molecule has 5 nitrogen and oxygen atoms in total. The molecular formula is C9H13N5S2. The molecule has 0 atom stereocenters. The number of aromatic nitrogens is 3. The van der Waals surface area contributed by atoms with Crippen molar-refractivity contribution in [1.82, 2.24) is 15.2 Å². The summed E-state index contributed by atoms with van der Waals surface area (Å²) in [5.41, 5.74) is 0. The van der Waals surface area contributed by atoms with Gasteiger partial charge in [0, 0.05) is 20.6 Å². The van der Waals surface area contributed by atoms with E-state index in [-0.39, 0.29) is 0 Å². The first-order valence-corrected chi connectivity index (χ1v) is 6.55. The van der Waals surface area contributed by atoms with Crippen molar-refractivity contribution in [2.75, 3.05) is 30.9 Å². The van der Waals surface area contributed by atoms with E-state index in [1.165, 1.54) is 0 Å². The van der Waals surface area contributed by atoms with E-state index >= 15 is 0 Å². The van der Waals surface area contributed by atoms with Gasteiger partial charge in [-0.2, -0.15) is 0 Å². The van der Waals surface area contributed by atoms with Crippen LogP contribution in [0, 0.1) is 0 Å². The highest BCUT2D eigenvalue weighted by Gasteiger charge is 2.10. The van der Waals surface area contributed by atoms with Crippen LogP contribution in [0.4, 0.5) is 10.3 Å². The predicted molar refractivity (Wildman–Crippen MR) is 69.5 cm³/mol. The largest absolute Gasteiger partial charge is 0.360 e. The predicted octanol–water partition coefficient (Wildman–Crippen LogP) is 2.16. The fourth-order valence-electron chi connectivity index (χ4n) is 1.12. The smallest absolute Gasteiger partial charge is 0.206 e. The molecule has 0 aliphatic rings. The summed E-state index contributed by atoms with van der Waals surface area (Å²) in [7, 11) is 3.96. The Morgan fingerprint density at radius 1 is 1.31 bits per heavy atom. The van der Waals surface area contributed by atoms with E-state index < -0.39 is 0 Å².